The normalized spacial score (nSPS) is 11.1. The predicted molar refractivity (Wildman–Crippen MR) is 31.8 cm³/mol. The smallest absolute Gasteiger partial charge is 0.303 e. The summed E-state index contributed by atoms with van der Waals surface area (Å²) in [5.41, 5.74) is -0.953. The van der Waals surface area contributed by atoms with E-state index in [0.717, 1.165) is 0 Å². The van der Waals surface area contributed by atoms with Gasteiger partial charge in [-0.2, -0.15) is 0 Å². The first-order valence-corrected chi connectivity index (χ1v) is 2.73. The van der Waals surface area contributed by atoms with Crippen molar-refractivity contribution in [3.63, 3.8) is 0 Å². The predicted octanol–water partition coefficient (Wildman–Crippen LogP) is 1.30. The molecule has 0 heterocycles. The number of esters is 1. The summed E-state index contributed by atoms with van der Waals surface area (Å²) in [5.74, 6) is -0.447. The SMILES string of the molecule is CC(=O)OC(C)(C)CF. The minimum atomic E-state index is -0.953. The molecule has 0 aliphatic carbocycles. The average Bonchev–Trinajstić information content (AvgIpc) is 1.63. The van der Waals surface area contributed by atoms with E-state index < -0.39 is 18.2 Å². The van der Waals surface area contributed by atoms with Crippen LogP contribution >= 0.6 is 0 Å². The number of alkyl halides is 1. The summed E-state index contributed by atoms with van der Waals surface area (Å²) < 4.78 is 16.4. The van der Waals surface area contributed by atoms with Gasteiger partial charge in [-0.25, -0.2) is 4.39 Å². The number of rotatable bonds is 2. The number of carbonyl (C=O) groups is 1. The highest BCUT2D eigenvalue weighted by Gasteiger charge is 2.19. The van der Waals surface area contributed by atoms with Crippen LogP contribution in [0.5, 0.6) is 0 Å². The van der Waals surface area contributed by atoms with Gasteiger partial charge in [0, 0.05) is 6.92 Å². The highest BCUT2D eigenvalue weighted by molar-refractivity contribution is 5.66. The van der Waals surface area contributed by atoms with E-state index in [1.807, 2.05) is 0 Å². The highest BCUT2D eigenvalue weighted by Crippen LogP contribution is 2.08. The largest absolute Gasteiger partial charge is 0.457 e. The summed E-state index contributed by atoms with van der Waals surface area (Å²) in [5, 5.41) is 0. The topological polar surface area (TPSA) is 26.3 Å². The Morgan fingerprint density at radius 2 is 2.11 bits per heavy atom. The Labute approximate surface area is 54.0 Å². The molecule has 0 N–H and O–H groups in total. The van der Waals surface area contributed by atoms with E-state index in [1.54, 1.807) is 0 Å². The molecule has 0 aromatic carbocycles. The van der Waals surface area contributed by atoms with Crippen LogP contribution in [0.4, 0.5) is 4.39 Å². The Hall–Kier alpha value is -0.600. The van der Waals surface area contributed by atoms with Crippen molar-refractivity contribution in [2.45, 2.75) is 26.4 Å². The number of hydrogen-bond acceptors (Lipinski definition) is 2. The maximum Gasteiger partial charge on any atom is 0.303 e. The van der Waals surface area contributed by atoms with Crippen LogP contribution in [0.1, 0.15) is 20.8 Å². The molecular weight excluding hydrogens is 123 g/mol. The number of ether oxygens (including phenoxy) is 1. The molecule has 0 atom stereocenters. The Morgan fingerprint density at radius 3 is 2.22 bits per heavy atom. The first-order chi connectivity index (χ1) is 3.98. The van der Waals surface area contributed by atoms with E-state index >= 15 is 0 Å². The Kier molecular flexibility index (Phi) is 2.62. The monoisotopic (exact) mass is 134 g/mol. The van der Waals surface area contributed by atoms with Crippen LogP contribution in [-0.4, -0.2) is 18.2 Å². The fraction of sp³-hybridized carbons (Fsp3) is 0.833. The molecule has 2 nitrogen and oxygen atoms in total. The number of halogens is 1. The first kappa shape index (κ1) is 8.40. The van der Waals surface area contributed by atoms with Crippen molar-refractivity contribution < 1.29 is 13.9 Å². The first-order valence-electron chi connectivity index (χ1n) is 2.73. The summed E-state index contributed by atoms with van der Waals surface area (Å²) in [6.45, 7) is 3.66. The molecular formula is C6H11FO2. The molecule has 0 aromatic rings. The van der Waals surface area contributed by atoms with Crippen LogP contribution in [0.2, 0.25) is 0 Å². The number of hydrogen-bond donors (Lipinski definition) is 0. The van der Waals surface area contributed by atoms with E-state index in [1.165, 1.54) is 20.8 Å². The third kappa shape index (κ3) is 3.94. The van der Waals surface area contributed by atoms with Gasteiger partial charge in [0.25, 0.3) is 0 Å². The van der Waals surface area contributed by atoms with Crippen LogP contribution in [-0.2, 0) is 9.53 Å². The lowest BCUT2D eigenvalue weighted by Gasteiger charge is -2.19. The Bertz CT molecular complexity index is 110. The molecule has 9 heavy (non-hydrogen) atoms. The van der Waals surface area contributed by atoms with E-state index in [0.29, 0.717) is 0 Å². The zero-order chi connectivity index (χ0) is 7.49. The van der Waals surface area contributed by atoms with Crippen LogP contribution in [0, 0.1) is 0 Å². The van der Waals surface area contributed by atoms with Crippen molar-refractivity contribution in [3.8, 4) is 0 Å². The molecule has 0 saturated carbocycles. The fourth-order valence-corrected chi connectivity index (χ4v) is 0.416. The second-order valence-corrected chi connectivity index (χ2v) is 2.49. The van der Waals surface area contributed by atoms with Crippen molar-refractivity contribution in [1.29, 1.82) is 0 Å². The van der Waals surface area contributed by atoms with Gasteiger partial charge in [0.1, 0.15) is 12.3 Å². The average molecular weight is 134 g/mol. The molecule has 0 unspecified atom stereocenters. The van der Waals surface area contributed by atoms with Gasteiger partial charge in [-0.05, 0) is 13.8 Å². The van der Waals surface area contributed by atoms with Crippen LogP contribution in [0.25, 0.3) is 0 Å². The molecule has 0 spiro atoms. The molecule has 0 radical (unpaired) electrons. The molecule has 3 heteroatoms. The molecule has 0 amide bonds. The summed E-state index contributed by atoms with van der Waals surface area (Å²) >= 11 is 0. The molecule has 54 valence electrons. The maximum atomic E-state index is 11.9. The van der Waals surface area contributed by atoms with Crippen molar-refractivity contribution in [2.75, 3.05) is 6.67 Å². The summed E-state index contributed by atoms with van der Waals surface area (Å²) in [4.78, 5) is 10.2. The third-order valence-corrected chi connectivity index (χ3v) is 0.742. The van der Waals surface area contributed by atoms with E-state index in [2.05, 4.69) is 4.74 Å². The van der Waals surface area contributed by atoms with Crippen LogP contribution < -0.4 is 0 Å². The van der Waals surface area contributed by atoms with Crippen molar-refractivity contribution >= 4 is 5.97 Å². The fourth-order valence-electron chi connectivity index (χ4n) is 0.416. The second-order valence-electron chi connectivity index (χ2n) is 2.49. The van der Waals surface area contributed by atoms with Crippen molar-refractivity contribution in [3.05, 3.63) is 0 Å². The quantitative estimate of drug-likeness (QED) is 0.532. The van der Waals surface area contributed by atoms with E-state index in [9.17, 15) is 9.18 Å². The van der Waals surface area contributed by atoms with Gasteiger partial charge >= 0.3 is 5.97 Å². The van der Waals surface area contributed by atoms with Crippen LogP contribution in [0.3, 0.4) is 0 Å². The van der Waals surface area contributed by atoms with Gasteiger partial charge in [-0.1, -0.05) is 0 Å². The summed E-state index contributed by atoms with van der Waals surface area (Å²) in [6, 6.07) is 0. The Morgan fingerprint density at radius 1 is 1.67 bits per heavy atom. The lowest BCUT2D eigenvalue weighted by atomic mass is 10.2. The van der Waals surface area contributed by atoms with Gasteiger partial charge < -0.3 is 4.74 Å². The molecule has 0 aliphatic rings. The minimum Gasteiger partial charge on any atom is -0.457 e. The van der Waals surface area contributed by atoms with Gasteiger partial charge in [-0.3, -0.25) is 4.79 Å². The van der Waals surface area contributed by atoms with Crippen molar-refractivity contribution in [2.24, 2.45) is 0 Å². The molecule has 0 saturated heterocycles. The van der Waals surface area contributed by atoms with Crippen LogP contribution in [0.15, 0.2) is 0 Å². The van der Waals surface area contributed by atoms with Gasteiger partial charge in [0.05, 0.1) is 0 Å². The zero-order valence-electron chi connectivity index (χ0n) is 5.90. The molecule has 0 bridgehead atoms. The number of carbonyl (C=O) groups excluding carboxylic acids is 1. The Balaban J connectivity index is 3.71. The van der Waals surface area contributed by atoms with E-state index in [4.69, 9.17) is 0 Å². The molecule has 0 aliphatic heterocycles. The molecule has 0 rings (SSSR count). The van der Waals surface area contributed by atoms with Crippen molar-refractivity contribution in [1.82, 2.24) is 0 Å². The van der Waals surface area contributed by atoms with Gasteiger partial charge in [-0.15, -0.1) is 0 Å². The second kappa shape index (κ2) is 2.80. The zero-order valence-corrected chi connectivity index (χ0v) is 5.90. The third-order valence-electron chi connectivity index (χ3n) is 0.742. The minimum absolute atomic E-state index is 0.447. The molecule has 0 fully saturated rings. The standard InChI is InChI=1S/C6H11FO2/c1-5(8)9-6(2,3)4-7/h4H2,1-3H3. The van der Waals surface area contributed by atoms with Gasteiger partial charge in [0.15, 0.2) is 0 Å². The summed E-state index contributed by atoms with van der Waals surface area (Å²) in [6.07, 6.45) is 0. The molecule has 0 aromatic heterocycles. The maximum absolute atomic E-state index is 11.9. The van der Waals surface area contributed by atoms with E-state index in [-0.39, 0.29) is 0 Å². The highest BCUT2D eigenvalue weighted by atomic mass is 19.1. The lowest BCUT2D eigenvalue weighted by molar-refractivity contribution is -0.154. The lowest BCUT2D eigenvalue weighted by Crippen LogP contribution is -2.28. The summed E-state index contributed by atoms with van der Waals surface area (Å²) in [7, 11) is 0. The van der Waals surface area contributed by atoms with Gasteiger partial charge in [0.2, 0.25) is 0 Å².